The molecule has 1 aromatic rings. The lowest BCUT2D eigenvalue weighted by atomic mass is 10.3. The third kappa shape index (κ3) is 1.92. The van der Waals surface area contributed by atoms with Gasteiger partial charge < -0.3 is 5.73 Å². The molecule has 5 nitrogen and oxygen atoms in total. The van der Waals surface area contributed by atoms with Gasteiger partial charge in [-0.3, -0.25) is 14.5 Å². The number of para-hydroxylation sites is 1. The Balaban J connectivity index is 2.34. The molecular formula is C11H11N3O2S. The Morgan fingerprint density at radius 3 is 2.35 bits per heavy atom. The predicted molar refractivity (Wildman–Crippen MR) is 67.3 cm³/mol. The predicted octanol–water partition coefficient (Wildman–Crippen LogP) is 0.105. The number of rotatable bonds is 3. The second kappa shape index (κ2) is 4.60. The van der Waals surface area contributed by atoms with Crippen LogP contribution in [0.5, 0.6) is 0 Å². The molecule has 0 atom stereocenters. The summed E-state index contributed by atoms with van der Waals surface area (Å²) in [5, 5.41) is 0.191. The van der Waals surface area contributed by atoms with Crippen LogP contribution in [-0.2, 0) is 9.59 Å². The molecule has 1 fully saturated rings. The molecule has 1 aromatic carbocycles. The van der Waals surface area contributed by atoms with Gasteiger partial charge >= 0.3 is 11.8 Å². The summed E-state index contributed by atoms with van der Waals surface area (Å²) in [7, 11) is 0. The topological polar surface area (TPSA) is 66.6 Å². The maximum atomic E-state index is 11.8. The minimum Gasteiger partial charge on any atom is -0.329 e. The fourth-order valence-electron chi connectivity index (χ4n) is 1.64. The zero-order valence-electron chi connectivity index (χ0n) is 9.00. The van der Waals surface area contributed by atoms with Gasteiger partial charge in [0.15, 0.2) is 5.11 Å². The number of hydrogen-bond donors (Lipinski definition) is 1. The summed E-state index contributed by atoms with van der Waals surface area (Å²) < 4.78 is 0. The lowest BCUT2D eigenvalue weighted by Crippen LogP contribution is -2.36. The second-order valence-corrected chi connectivity index (χ2v) is 3.87. The summed E-state index contributed by atoms with van der Waals surface area (Å²) in [4.78, 5) is 25.9. The van der Waals surface area contributed by atoms with Crippen LogP contribution < -0.4 is 10.6 Å². The Morgan fingerprint density at radius 1 is 1.12 bits per heavy atom. The van der Waals surface area contributed by atoms with Crippen LogP contribution >= 0.6 is 12.2 Å². The van der Waals surface area contributed by atoms with E-state index in [-0.39, 0.29) is 18.2 Å². The van der Waals surface area contributed by atoms with Crippen molar-refractivity contribution in [1.29, 1.82) is 0 Å². The van der Waals surface area contributed by atoms with E-state index in [1.54, 1.807) is 24.3 Å². The zero-order valence-corrected chi connectivity index (χ0v) is 9.81. The Morgan fingerprint density at radius 2 is 1.76 bits per heavy atom. The third-order valence-electron chi connectivity index (χ3n) is 2.42. The maximum absolute atomic E-state index is 11.8. The number of thiocarbonyl (C=S) groups is 1. The third-order valence-corrected chi connectivity index (χ3v) is 2.82. The smallest absolute Gasteiger partial charge is 0.323 e. The van der Waals surface area contributed by atoms with E-state index in [0.29, 0.717) is 5.69 Å². The summed E-state index contributed by atoms with van der Waals surface area (Å²) >= 11 is 5.12. The van der Waals surface area contributed by atoms with Gasteiger partial charge in [0.2, 0.25) is 0 Å². The van der Waals surface area contributed by atoms with Crippen molar-refractivity contribution in [1.82, 2.24) is 4.90 Å². The fraction of sp³-hybridized carbons (Fsp3) is 0.182. The SMILES string of the molecule is NCCN1C(=O)C(=O)N(c2ccccc2)C1=S. The van der Waals surface area contributed by atoms with Crippen LogP contribution in [0.15, 0.2) is 30.3 Å². The highest BCUT2D eigenvalue weighted by atomic mass is 32.1. The average Bonchev–Trinajstić information content (AvgIpc) is 2.55. The van der Waals surface area contributed by atoms with E-state index in [1.807, 2.05) is 6.07 Å². The molecule has 2 N–H and O–H groups in total. The Hall–Kier alpha value is -1.79. The molecule has 0 bridgehead atoms. The first kappa shape index (κ1) is 11.7. The molecular weight excluding hydrogens is 238 g/mol. The molecule has 88 valence electrons. The van der Waals surface area contributed by atoms with Crippen LogP contribution in [0.1, 0.15) is 0 Å². The normalized spacial score (nSPS) is 15.9. The standard InChI is InChI=1S/C11H11N3O2S/c12-6-7-13-9(15)10(16)14(11(13)17)8-4-2-1-3-5-8/h1-5H,6-7,12H2. The summed E-state index contributed by atoms with van der Waals surface area (Å²) in [5.74, 6) is -1.25. The van der Waals surface area contributed by atoms with Crippen molar-refractivity contribution in [2.75, 3.05) is 18.0 Å². The minimum absolute atomic E-state index is 0.191. The highest BCUT2D eigenvalue weighted by Crippen LogP contribution is 2.21. The van der Waals surface area contributed by atoms with Crippen LogP contribution in [0.25, 0.3) is 0 Å². The number of carbonyl (C=O) groups excluding carboxylic acids is 2. The molecule has 0 saturated carbocycles. The number of benzene rings is 1. The molecule has 1 saturated heterocycles. The first-order chi connectivity index (χ1) is 8.16. The first-order valence-corrected chi connectivity index (χ1v) is 5.52. The highest BCUT2D eigenvalue weighted by Gasteiger charge is 2.41. The summed E-state index contributed by atoms with van der Waals surface area (Å²) in [6.07, 6.45) is 0. The second-order valence-electron chi connectivity index (χ2n) is 3.50. The van der Waals surface area contributed by atoms with Gasteiger partial charge in [-0.25, -0.2) is 4.90 Å². The lowest BCUT2D eigenvalue weighted by Gasteiger charge is -2.17. The molecule has 1 aliphatic rings. The van der Waals surface area contributed by atoms with Crippen molar-refractivity contribution in [3.05, 3.63) is 30.3 Å². The molecule has 0 radical (unpaired) electrons. The number of nitrogens with two attached hydrogens (primary N) is 1. The zero-order chi connectivity index (χ0) is 12.4. The van der Waals surface area contributed by atoms with Gasteiger partial charge in [0.05, 0.1) is 5.69 Å². The molecule has 17 heavy (non-hydrogen) atoms. The van der Waals surface area contributed by atoms with Crippen molar-refractivity contribution in [2.24, 2.45) is 5.73 Å². The van der Waals surface area contributed by atoms with Crippen LogP contribution in [0.2, 0.25) is 0 Å². The van der Waals surface area contributed by atoms with E-state index in [2.05, 4.69) is 0 Å². The quantitative estimate of drug-likeness (QED) is 0.609. The first-order valence-electron chi connectivity index (χ1n) is 5.12. The van der Waals surface area contributed by atoms with Gasteiger partial charge in [-0.15, -0.1) is 0 Å². The van der Waals surface area contributed by atoms with Crippen LogP contribution in [-0.4, -0.2) is 34.9 Å². The van der Waals surface area contributed by atoms with Crippen LogP contribution in [0, 0.1) is 0 Å². The van der Waals surface area contributed by atoms with Crippen molar-refractivity contribution < 1.29 is 9.59 Å². The van der Waals surface area contributed by atoms with Crippen molar-refractivity contribution in [3.63, 3.8) is 0 Å². The molecule has 6 heteroatoms. The van der Waals surface area contributed by atoms with E-state index in [1.165, 1.54) is 9.80 Å². The number of nitrogens with zero attached hydrogens (tertiary/aromatic N) is 2. The monoisotopic (exact) mass is 249 g/mol. The van der Waals surface area contributed by atoms with Gasteiger partial charge in [-0.05, 0) is 24.4 Å². The van der Waals surface area contributed by atoms with Gasteiger partial charge in [0, 0.05) is 13.1 Å². The molecule has 1 aliphatic heterocycles. The fourth-order valence-corrected chi connectivity index (χ4v) is 2.00. The molecule has 2 rings (SSSR count). The van der Waals surface area contributed by atoms with E-state index in [9.17, 15) is 9.59 Å². The van der Waals surface area contributed by atoms with Crippen LogP contribution in [0.4, 0.5) is 5.69 Å². The molecule has 0 spiro atoms. The number of anilines is 1. The van der Waals surface area contributed by atoms with Gasteiger partial charge in [-0.1, -0.05) is 18.2 Å². The Labute approximate surface area is 104 Å². The lowest BCUT2D eigenvalue weighted by molar-refractivity contribution is -0.139. The average molecular weight is 249 g/mol. The maximum Gasteiger partial charge on any atom is 0.323 e. The minimum atomic E-state index is -0.630. The number of carbonyl (C=O) groups is 2. The van der Waals surface area contributed by atoms with E-state index in [4.69, 9.17) is 18.0 Å². The van der Waals surface area contributed by atoms with Crippen molar-refractivity contribution in [2.45, 2.75) is 0 Å². The molecule has 0 aliphatic carbocycles. The van der Waals surface area contributed by atoms with Gasteiger partial charge in [0.1, 0.15) is 0 Å². The molecule has 0 unspecified atom stereocenters. The molecule has 2 amide bonds. The van der Waals surface area contributed by atoms with Crippen LogP contribution in [0.3, 0.4) is 0 Å². The molecule has 0 aromatic heterocycles. The van der Waals surface area contributed by atoms with Gasteiger partial charge in [0.25, 0.3) is 0 Å². The van der Waals surface area contributed by atoms with Gasteiger partial charge in [-0.2, -0.15) is 0 Å². The summed E-state index contributed by atoms with van der Waals surface area (Å²) in [6.45, 7) is 0.522. The summed E-state index contributed by atoms with van der Waals surface area (Å²) in [5.41, 5.74) is 5.97. The summed E-state index contributed by atoms with van der Waals surface area (Å²) in [6, 6.07) is 8.84. The van der Waals surface area contributed by atoms with Crippen molar-refractivity contribution >= 4 is 34.8 Å². The molecule has 1 heterocycles. The highest BCUT2D eigenvalue weighted by molar-refractivity contribution is 7.80. The largest absolute Gasteiger partial charge is 0.329 e. The Kier molecular flexibility index (Phi) is 3.16. The van der Waals surface area contributed by atoms with E-state index >= 15 is 0 Å². The Bertz CT molecular complexity index is 475. The van der Waals surface area contributed by atoms with E-state index < -0.39 is 11.8 Å². The number of hydrogen-bond acceptors (Lipinski definition) is 4. The number of amides is 2. The van der Waals surface area contributed by atoms with E-state index in [0.717, 1.165) is 0 Å². The van der Waals surface area contributed by atoms with Crippen molar-refractivity contribution in [3.8, 4) is 0 Å².